The molecule has 0 atom stereocenters. The molecule has 0 radical (unpaired) electrons. The quantitative estimate of drug-likeness (QED) is 0.904. The van der Waals surface area contributed by atoms with E-state index in [0.717, 1.165) is 12.1 Å². The molecule has 0 saturated carbocycles. The minimum atomic E-state index is -0.171. The van der Waals surface area contributed by atoms with Gasteiger partial charge in [-0.25, -0.2) is 0 Å². The monoisotopic (exact) mass is 288 g/mol. The van der Waals surface area contributed by atoms with E-state index in [9.17, 15) is 9.59 Å². The Labute approximate surface area is 121 Å². The highest BCUT2D eigenvalue weighted by molar-refractivity contribution is 7.18. The Morgan fingerprint density at radius 2 is 1.75 bits per heavy atom. The Hall–Kier alpha value is -2.14. The van der Waals surface area contributed by atoms with Gasteiger partial charge < -0.3 is 10.6 Å². The molecule has 2 N–H and O–H groups in total. The van der Waals surface area contributed by atoms with Gasteiger partial charge in [0.15, 0.2) is 0 Å². The summed E-state index contributed by atoms with van der Waals surface area (Å²) in [5.74, 6) is -0.315. The van der Waals surface area contributed by atoms with Gasteiger partial charge in [-0.2, -0.15) is 0 Å². The van der Waals surface area contributed by atoms with Crippen molar-refractivity contribution in [3.05, 3.63) is 46.8 Å². The van der Waals surface area contributed by atoms with Gasteiger partial charge in [-0.05, 0) is 36.2 Å². The Kier molecular flexibility index (Phi) is 4.53. The number of benzene rings is 1. The number of aryl methyl sites for hydroxylation is 1. The topological polar surface area (TPSA) is 58.2 Å². The van der Waals surface area contributed by atoms with Crippen molar-refractivity contribution in [2.24, 2.45) is 0 Å². The maximum atomic E-state index is 12.1. The summed E-state index contributed by atoms with van der Waals surface area (Å²) >= 11 is 1.25. The lowest BCUT2D eigenvalue weighted by Gasteiger charge is -2.04. The van der Waals surface area contributed by atoms with Gasteiger partial charge in [0.2, 0.25) is 5.91 Å². The van der Waals surface area contributed by atoms with E-state index in [1.165, 1.54) is 23.8 Å². The first kappa shape index (κ1) is 14.3. The van der Waals surface area contributed by atoms with Gasteiger partial charge in [-0.1, -0.05) is 19.1 Å². The SMILES string of the molecule is CCc1ccc(NC(=O)c2ccc(NC(C)=O)s2)cc1. The summed E-state index contributed by atoms with van der Waals surface area (Å²) in [6, 6.07) is 11.2. The van der Waals surface area contributed by atoms with Gasteiger partial charge in [0, 0.05) is 12.6 Å². The minimum Gasteiger partial charge on any atom is -0.321 e. The molecule has 0 saturated heterocycles. The molecule has 5 heteroatoms. The summed E-state index contributed by atoms with van der Waals surface area (Å²) in [6.07, 6.45) is 0.971. The maximum absolute atomic E-state index is 12.1. The predicted molar refractivity (Wildman–Crippen MR) is 82.4 cm³/mol. The molecular formula is C15H16N2O2S. The highest BCUT2D eigenvalue weighted by Gasteiger charge is 2.10. The summed E-state index contributed by atoms with van der Waals surface area (Å²) in [6.45, 7) is 3.53. The van der Waals surface area contributed by atoms with E-state index >= 15 is 0 Å². The molecule has 2 rings (SSSR count). The molecule has 0 spiro atoms. The lowest BCUT2D eigenvalue weighted by atomic mass is 10.1. The molecule has 4 nitrogen and oxygen atoms in total. The van der Waals surface area contributed by atoms with Crippen molar-refractivity contribution in [2.75, 3.05) is 10.6 Å². The predicted octanol–water partition coefficient (Wildman–Crippen LogP) is 3.52. The van der Waals surface area contributed by atoms with Gasteiger partial charge in [-0.15, -0.1) is 11.3 Å². The number of hydrogen-bond donors (Lipinski definition) is 2. The first-order valence-corrected chi connectivity index (χ1v) is 7.18. The number of hydrogen-bond acceptors (Lipinski definition) is 3. The average molecular weight is 288 g/mol. The van der Waals surface area contributed by atoms with Crippen LogP contribution in [0.4, 0.5) is 10.7 Å². The minimum absolute atomic E-state index is 0.144. The first-order valence-electron chi connectivity index (χ1n) is 6.36. The normalized spacial score (nSPS) is 10.1. The van der Waals surface area contributed by atoms with Crippen LogP contribution in [-0.2, 0) is 11.2 Å². The van der Waals surface area contributed by atoms with Crippen LogP contribution in [0.5, 0.6) is 0 Å². The molecule has 1 aromatic heterocycles. The van der Waals surface area contributed by atoms with Crippen LogP contribution >= 0.6 is 11.3 Å². The third kappa shape index (κ3) is 3.68. The molecule has 0 unspecified atom stereocenters. The van der Waals surface area contributed by atoms with Crippen LogP contribution in [0.2, 0.25) is 0 Å². The van der Waals surface area contributed by atoms with Crippen molar-refractivity contribution in [3.63, 3.8) is 0 Å². The van der Waals surface area contributed by atoms with Crippen molar-refractivity contribution >= 4 is 33.8 Å². The summed E-state index contributed by atoms with van der Waals surface area (Å²) < 4.78 is 0. The summed E-state index contributed by atoms with van der Waals surface area (Å²) in [5.41, 5.74) is 1.99. The Morgan fingerprint density at radius 1 is 1.05 bits per heavy atom. The molecule has 0 bridgehead atoms. The largest absolute Gasteiger partial charge is 0.321 e. The molecule has 104 valence electrons. The lowest BCUT2D eigenvalue weighted by molar-refractivity contribution is -0.114. The Bertz CT molecular complexity index is 617. The van der Waals surface area contributed by atoms with E-state index in [-0.39, 0.29) is 11.8 Å². The standard InChI is InChI=1S/C15H16N2O2S/c1-3-11-4-6-12(7-5-11)17-15(19)13-8-9-14(20-13)16-10(2)18/h4-9H,3H2,1-2H3,(H,16,18)(H,17,19). The highest BCUT2D eigenvalue weighted by atomic mass is 32.1. The summed E-state index contributed by atoms with van der Waals surface area (Å²) in [7, 11) is 0. The van der Waals surface area contributed by atoms with E-state index in [0.29, 0.717) is 9.88 Å². The third-order valence-electron chi connectivity index (χ3n) is 2.75. The molecule has 1 heterocycles. The van der Waals surface area contributed by atoms with Gasteiger partial charge in [-0.3, -0.25) is 9.59 Å². The van der Waals surface area contributed by atoms with Crippen LogP contribution in [0.25, 0.3) is 0 Å². The van der Waals surface area contributed by atoms with Crippen LogP contribution in [0.1, 0.15) is 29.1 Å². The second-order valence-electron chi connectivity index (χ2n) is 4.35. The van der Waals surface area contributed by atoms with Crippen LogP contribution in [-0.4, -0.2) is 11.8 Å². The summed E-state index contributed by atoms with van der Waals surface area (Å²) in [5, 5.41) is 6.16. The van der Waals surface area contributed by atoms with Crippen LogP contribution in [0.15, 0.2) is 36.4 Å². The van der Waals surface area contributed by atoms with Crippen molar-refractivity contribution < 1.29 is 9.59 Å². The molecule has 0 aliphatic carbocycles. The Morgan fingerprint density at radius 3 is 2.35 bits per heavy atom. The zero-order valence-electron chi connectivity index (χ0n) is 11.4. The maximum Gasteiger partial charge on any atom is 0.265 e. The number of anilines is 2. The van der Waals surface area contributed by atoms with Crippen molar-refractivity contribution in [2.45, 2.75) is 20.3 Å². The smallest absolute Gasteiger partial charge is 0.265 e. The van der Waals surface area contributed by atoms with E-state index in [1.54, 1.807) is 12.1 Å². The second-order valence-corrected chi connectivity index (χ2v) is 5.43. The van der Waals surface area contributed by atoms with E-state index < -0.39 is 0 Å². The fourth-order valence-corrected chi connectivity index (χ4v) is 2.56. The van der Waals surface area contributed by atoms with Crippen LogP contribution < -0.4 is 10.6 Å². The van der Waals surface area contributed by atoms with E-state index in [1.807, 2.05) is 24.3 Å². The number of thiophene rings is 1. The second kappa shape index (κ2) is 6.34. The Balaban J connectivity index is 2.03. The van der Waals surface area contributed by atoms with Crippen molar-refractivity contribution in [1.82, 2.24) is 0 Å². The van der Waals surface area contributed by atoms with E-state index in [2.05, 4.69) is 17.6 Å². The first-order chi connectivity index (χ1) is 9.58. The fraction of sp³-hybridized carbons (Fsp3) is 0.200. The molecule has 20 heavy (non-hydrogen) atoms. The van der Waals surface area contributed by atoms with Gasteiger partial charge in [0.25, 0.3) is 5.91 Å². The third-order valence-corrected chi connectivity index (χ3v) is 3.75. The van der Waals surface area contributed by atoms with Crippen LogP contribution in [0.3, 0.4) is 0 Å². The summed E-state index contributed by atoms with van der Waals surface area (Å²) in [4.78, 5) is 23.6. The van der Waals surface area contributed by atoms with Crippen molar-refractivity contribution in [3.8, 4) is 0 Å². The number of nitrogens with one attached hydrogen (secondary N) is 2. The van der Waals surface area contributed by atoms with Crippen molar-refractivity contribution in [1.29, 1.82) is 0 Å². The molecular weight excluding hydrogens is 272 g/mol. The fourth-order valence-electron chi connectivity index (χ4n) is 1.72. The molecule has 0 fully saturated rings. The van der Waals surface area contributed by atoms with Gasteiger partial charge in [0.05, 0.1) is 9.88 Å². The molecule has 2 aromatic rings. The average Bonchev–Trinajstić information content (AvgIpc) is 2.87. The number of carbonyl (C=O) groups excluding carboxylic acids is 2. The zero-order valence-corrected chi connectivity index (χ0v) is 12.2. The molecule has 1 aromatic carbocycles. The molecule has 0 aliphatic rings. The lowest BCUT2D eigenvalue weighted by Crippen LogP contribution is -2.10. The number of carbonyl (C=O) groups is 2. The zero-order chi connectivity index (χ0) is 14.5. The number of rotatable bonds is 4. The van der Waals surface area contributed by atoms with Gasteiger partial charge >= 0.3 is 0 Å². The molecule has 2 amide bonds. The van der Waals surface area contributed by atoms with Crippen LogP contribution in [0, 0.1) is 0 Å². The van der Waals surface area contributed by atoms with Gasteiger partial charge in [0.1, 0.15) is 0 Å². The number of amides is 2. The molecule has 0 aliphatic heterocycles. The van der Waals surface area contributed by atoms with E-state index in [4.69, 9.17) is 0 Å². The highest BCUT2D eigenvalue weighted by Crippen LogP contribution is 2.23.